The summed E-state index contributed by atoms with van der Waals surface area (Å²) in [6, 6.07) is 12.3. The lowest BCUT2D eigenvalue weighted by atomic mass is 9.93. The molecule has 1 fully saturated rings. The zero-order valence-corrected chi connectivity index (χ0v) is 17.8. The summed E-state index contributed by atoms with van der Waals surface area (Å²) in [6.45, 7) is 4.42. The largest absolute Gasteiger partial charge is 0.507 e. The topological polar surface area (TPSA) is 76.1 Å². The Balaban J connectivity index is 2.16. The predicted octanol–water partition coefficient (Wildman–Crippen LogP) is 3.63. The lowest BCUT2D eigenvalue weighted by molar-refractivity contribution is -0.140. The normalized spacial score (nSPS) is 18.1. The van der Waals surface area contributed by atoms with E-state index in [1.54, 1.807) is 32.4 Å². The number of aryl methyl sites for hydroxylation is 2. The zero-order chi connectivity index (χ0) is 21.8. The van der Waals surface area contributed by atoms with Crippen molar-refractivity contribution in [3.8, 4) is 5.75 Å². The molecule has 30 heavy (non-hydrogen) atoms. The molecule has 2 aromatic carbocycles. The van der Waals surface area contributed by atoms with Gasteiger partial charge in [0.15, 0.2) is 0 Å². The molecule has 1 aliphatic rings. The molecule has 2 aromatic rings. The molecule has 0 unspecified atom stereocenters. The number of carbonyl (C=O) groups excluding carboxylic acids is 2. The fourth-order valence-corrected chi connectivity index (χ4v) is 3.76. The van der Waals surface area contributed by atoms with Gasteiger partial charge in [-0.1, -0.05) is 31.2 Å². The van der Waals surface area contributed by atoms with Gasteiger partial charge in [0.1, 0.15) is 11.5 Å². The van der Waals surface area contributed by atoms with E-state index in [9.17, 15) is 14.7 Å². The molecule has 0 aromatic heterocycles. The van der Waals surface area contributed by atoms with Crippen molar-refractivity contribution in [2.24, 2.45) is 0 Å². The second-order valence-electron chi connectivity index (χ2n) is 7.26. The van der Waals surface area contributed by atoms with Crippen LogP contribution in [0.4, 0.5) is 0 Å². The summed E-state index contributed by atoms with van der Waals surface area (Å²) in [7, 11) is 3.11. The molecule has 0 aliphatic carbocycles. The molecule has 0 spiro atoms. The van der Waals surface area contributed by atoms with Crippen molar-refractivity contribution in [1.82, 2.24) is 4.90 Å². The highest BCUT2D eigenvalue weighted by Crippen LogP contribution is 2.40. The van der Waals surface area contributed by atoms with E-state index in [1.165, 1.54) is 4.90 Å². The average Bonchev–Trinajstić information content (AvgIpc) is 3.01. The Kier molecular flexibility index (Phi) is 6.57. The maximum atomic E-state index is 13.0. The molecule has 1 saturated heterocycles. The minimum atomic E-state index is -0.691. The lowest BCUT2D eigenvalue weighted by Crippen LogP contribution is -2.32. The molecule has 0 radical (unpaired) electrons. The van der Waals surface area contributed by atoms with Crippen LogP contribution in [0, 0.1) is 6.92 Å². The number of aliphatic hydroxyl groups excluding tert-OH is 1. The smallest absolute Gasteiger partial charge is 0.295 e. The highest BCUT2D eigenvalue weighted by atomic mass is 16.5. The van der Waals surface area contributed by atoms with Gasteiger partial charge in [-0.3, -0.25) is 9.59 Å². The maximum absolute atomic E-state index is 13.0. The van der Waals surface area contributed by atoms with Gasteiger partial charge < -0.3 is 19.5 Å². The molecular weight excluding hydrogens is 382 g/mol. The number of amides is 1. The third-order valence-electron chi connectivity index (χ3n) is 5.47. The summed E-state index contributed by atoms with van der Waals surface area (Å²) in [4.78, 5) is 27.2. The van der Waals surface area contributed by atoms with Crippen LogP contribution in [0.15, 0.2) is 48.0 Å². The van der Waals surface area contributed by atoms with E-state index in [1.807, 2.05) is 31.2 Å². The van der Waals surface area contributed by atoms with Gasteiger partial charge in [-0.25, -0.2) is 0 Å². The van der Waals surface area contributed by atoms with E-state index in [2.05, 4.69) is 6.92 Å². The second kappa shape index (κ2) is 9.13. The van der Waals surface area contributed by atoms with Crippen LogP contribution in [0.2, 0.25) is 0 Å². The van der Waals surface area contributed by atoms with Gasteiger partial charge in [0, 0.05) is 19.2 Å². The van der Waals surface area contributed by atoms with Crippen LogP contribution >= 0.6 is 0 Å². The van der Waals surface area contributed by atoms with Gasteiger partial charge in [0.05, 0.1) is 25.3 Å². The van der Waals surface area contributed by atoms with Crippen LogP contribution in [0.1, 0.15) is 35.2 Å². The summed E-state index contributed by atoms with van der Waals surface area (Å²) in [5, 5.41) is 11.1. The van der Waals surface area contributed by atoms with Gasteiger partial charge in [-0.2, -0.15) is 0 Å². The number of aliphatic hydroxyl groups is 1. The Morgan fingerprint density at radius 3 is 2.37 bits per heavy atom. The maximum Gasteiger partial charge on any atom is 0.295 e. The van der Waals surface area contributed by atoms with Crippen molar-refractivity contribution in [2.75, 3.05) is 27.4 Å². The van der Waals surface area contributed by atoms with Crippen molar-refractivity contribution >= 4 is 17.4 Å². The van der Waals surface area contributed by atoms with Gasteiger partial charge >= 0.3 is 0 Å². The quantitative estimate of drug-likeness (QED) is 0.429. The van der Waals surface area contributed by atoms with E-state index in [0.717, 1.165) is 23.1 Å². The van der Waals surface area contributed by atoms with Crippen molar-refractivity contribution in [3.05, 3.63) is 70.3 Å². The molecular formula is C24H27NO5. The number of benzene rings is 2. The lowest BCUT2D eigenvalue weighted by Gasteiger charge is -2.25. The fraction of sp³-hybridized carbons (Fsp3) is 0.333. The number of nitrogens with zero attached hydrogens (tertiary/aromatic N) is 1. The highest BCUT2D eigenvalue weighted by Gasteiger charge is 2.45. The van der Waals surface area contributed by atoms with Crippen molar-refractivity contribution in [1.29, 1.82) is 0 Å². The SMILES string of the molecule is CCc1ccc([C@@H]2/C(=C(\O)c3ccc(OC)cc3C)C(=O)C(=O)N2CCOC)cc1. The molecule has 0 bridgehead atoms. The van der Waals surface area contributed by atoms with Crippen LogP contribution in [0.5, 0.6) is 5.75 Å². The Bertz CT molecular complexity index is 978. The molecule has 6 nitrogen and oxygen atoms in total. The van der Waals surface area contributed by atoms with Crippen LogP contribution in [-0.2, 0) is 20.7 Å². The monoisotopic (exact) mass is 409 g/mol. The van der Waals surface area contributed by atoms with E-state index in [0.29, 0.717) is 11.3 Å². The number of hydrogen-bond acceptors (Lipinski definition) is 5. The molecule has 3 rings (SSSR count). The van der Waals surface area contributed by atoms with Crippen molar-refractivity contribution < 1.29 is 24.2 Å². The Morgan fingerprint density at radius 2 is 1.80 bits per heavy atom. The molecule has 1 N–H and O–H groups in total. The van der Waals surface area contributed by atoms with Gasteiger partial charge in [0.25, 0.3) is 11.7 Å². The van der Waals surface area contributed by atoms with Crippen LogP contribution in [-0.4, -0.2) is 49.1 Å². The fourth-order valence-electron chi connectivity index (χ4n) is 3.76. The summed E-state index contributed by atoms with van der Waals surface area (Å²) < 4.78 is 10.4. The van der Waals surface area contributed by atoms with Crippen LogP contribution in [0.25, 0.3) is 5.76 Å². The Hall–Kier alpha value is -3.12. The summed E-state index contributed by atoms with van der Waals surface area (Å²) in [6.07, 6.45) is 0.884. The molecule has 6 heteroatoms. The molecule has 1 heterocycles. The summed E-state index contributed by atoms with van der Waals surface area (Å²) >= 11 is 0. The number of ether oxygens (including phenoxy) is 2. The van der Waals surface area contributed by atoms with E-state index in [4.69, 9.17) is 9.47 Å². The first-order valence-corrected chi connectivity index (χ1v) is 9.94. The minimum Gasteiger partial charge on any atom is -0.507 e. The number of likely N-dealkylation sites (tertiary alicyclic amines) is 1. The standard InChI is InChI=1S/C24H27NO5/c1-5-16-6-8-17(9-7-16)21-20(23(27)24(28)25(21)12-13-29-3)22(26)19-11-10-18(30-4)14-15(19)2/h6-11,14,21,26H,5,12-13H2,1-4H3/b22-20+/t21-/m1/s1. The molecule has 1 aliphatic heterocycles. The zero-order valence-electron chi connectivity index (χ0n) is 17.8. The van der Waals surface area contributed by atoms with Crippen LogP contribution < -0.4 is 4.74 Å². The Labute approximate surface area is 176 Å². The van der Waals surface area contributed by atoms with Gasteiger partial charge in [0.2, 0.25) is 0 Å². The van der Waals surface area contributed by atoms with Gasteiger partial charge in [-0.15, -0.1) is 0 Å². The highest BCUT2D eigenvalue weighted by molar-refractivity contribution is 6.46. The molecule has 158 valence electrons. The van der Waals surface area contributed by atoms with Crippen molar-refractivity contribution in [3.63, 3.8) is 0 Å². The third-order valence-corrected chi connectivity index (χ3v) is 5.47. The Morgan fingerprint density at radius 1 is 1.10 bits per heavy atom. The first kappa shape index (κ1) is 21.6. The molecule has 0 saturated carbocycles. The first-order valence-electron chi connectivity index (χ1n) is 9.94. The molecule has 1 amide bonds. The number of hydrogen-bond donors (Lipinski definition) is 1. The first-order chi connectivity index (χ1) is 14.4. The number of carbonyl (C=O) groups is 2. The minimum absolute atomic E-state index is 0.0913. The number of methoxy groups -OCH3 is 2. The van der Waals surface area contributed by atoms with E-state index >= 15 is 0 Å². The summed E-state index contributed by atoms with van der Waals surface area (Å²) in [5.74, 6) is -0.859. The van der Waals surface area contributed by atoms with Crippen LogP contribution in [0.3, 0.4) is 0 Å². The number of rotatable bonds is 7. The number of ketones is 1. The van der Waals surface area contributed by atoms with E-state index < -0.39 is 17.7 Å². The number of Topliss-reactive ketones (excluding diaryl/α,β-unsaturated/α-hetero) is 1. The van der Waals surface area contributed by atoms with Crippen molar-refractivity contribution in [2.45, 2.75) is 26.3 Å². The average molecular weight is 409 g/mol. The predicted molar refractivity (Wildman–Crippen MR) is 114 cm³/mol. The van der Waals surface area contributed by atoms with E-state index in [-0.39, 0.29) is 24.5 Å². The molecule has 1 atom stereocenters. The third kappa shape index (κ3) is 3.96. The summed E-state index contributed by atoms with van der Waals surface area (Å²) in [5.41, 5.74) is 3.26. The second-order valence-corrected chi connectivity index (χ2v) is 7.26. The van der Waals surface area contributed by atoms with Gasteiger partial charge in [-0.05, 0) is 48.2 Å².